The number of aryl methyl sites for hydroxylation is 1. The Morgan fingerprint density at radius 1 is 1.16 bits per heavy atom. The lowest BCUT2D eigenvalue weighted by atomic mass is 10.1. The van der Waals surface area contributed by atoms with Gasteiger partial charge >= 0.3 is 0 Å². The number of nitrogens with zero attached hydrogens (tertiary/aromatic N) is 6. The van der Waals surface area contributed by atoms with Crippen molar-refractivity contribution in [3.05, 3.63) is 82.8 Å². The molecule has 162 valence electrons. The van der Waals surface area contributed by atoms with Gasteiger partial charge in [0.05, 0.1) is 24.8 Å². The van der Waals surface area contributed by atoms with Gasteiger partial charge in [-0.25, -0.2) is 14.6 Å². The van der Waals surface area contributed by atoms with Gasteiger partial charge < -0.3 is 10.1 Å². The third-order valence-electron chi connectivity index (χ3n) is 5.32. The molecule has 4 heterocycles. The van der Waals surface area contributed by atoms with E-state index in [9.17, 15) is 4.79 Å². The van der Waals surface area contributed by atoms with E-state index in [1.165, 1.54) is 6.07 Å². The zero-order valence-corrected chi connectivity index (χ0v) is 17.7. The summed E-state index contributed by atoms with van der Waals surface area (Å²) < 4.78 is 9.27. The highest BCUT2D eigenvalue weighted by Crippen LogP contribution is 2.20. The van der Waals surface area contributed by atoms with E-state index in [2.05, 4.69) is 25.5 Å². The van der Waals surface area contributed by atoms with Crippen LogP contribution in [0, 0.1) is 0 Å². The lowest BCUT2D eigenvalue weighted by molar-refractivity contribution is 0.141. The van der Waals surface area contributed by atoms with E-state index in [4.69, 9.17) is 4.74 Å². The van der Waals surface area contributed by atoms with Gasteiger partial charge in [0, 0.05) is 43.9 Å². The minimum atomic E-state index is -0.0993. The van der Waals surface area contributed by atoms with Crippen LogP contribution in [0.1, 0.15) is 18.2 Å². The Bertz CT molecular complexity index is 1280. The number of nitrogens with one attached hydrogen (secondary N) is 1. The fourth-order valence-electron chi connectivity index (χ4n) is 3.44. The Hall–Kier alpha value is -3.85. The van der Waals surface area contributed by atoms with Gasteiger partial charge in [0.1, 0.15) is 17.5 Å². The zero-order valence-electron chi connectivity index (χ0n) is 17.7. The summed E-state index contributed by atoms with van der Waals surface area (Å²) in [6, 6.07) is 9.38. The predicted molar refractivity (Wildman–Crippen MR) is 119 cm³/mol. The molecule has 3 aromatic heterocycles. The standard InChI is InChI=1S/C23H23N7O2/c1-2-29-15-18(10-27-29)30-7-6-22(31)21(28-30)9-16-4-3-5-17(8-16)23-25-13-20(14-26-23)32-19-11-24-12-19/h3-8,10,13-15,19,24H,2,9,11-12H2,1H3. The van der Waals surface area contributed by atoms with E-state index in [1.54, 1.807) is 29.5 Å². The van der Waals surface area contributed by atoms with Crippen LogP contribution in [0.15, 0.2) is 66.1 Å². The topological polar surface area (TPSA) is 99.8 Å². The van der Waals surface area contributed by atoms with E-state index in [0.29, 0.717) is 23.7 Å². The maximum atomic E-state index is 12.4. The number of hydrogen-bond donors (Lipinski definition) is 1. The zero-order chi connectivity index (χ0) is 21.9. The van der Waals surface area contributed by atoms with Crippen molar-refractivity contribution in [2.24, 2.45) is 0 Å². The second kappa shape index (κ2) is 8.72. The molecule has 32 heavy (non-hydrogen) atoms. The summed E-state index contributed by atoms with van der Waals surface area (Å²) in [5.74, 6) is 1.27. The van der Waals surface area contributed by atoms with Crippen LogP contribution < -0.4 is 15.5 Å². The Morgan fingerprint density at radius 3 is 2.72 bits per heavy atom. The molecule has 0 bridgehead atoms. The van der Waals surface area contributed by atoms with Crippen LogP contribution in [-0.2, 0) is 13.0 Å². The van der Waals surface area contributed by atoms with Crippen LogP contribution in [0.3, 0.4) is 0 Å². The highest BCUT2D eigenvalue weighted by atomic mass is 16.5. The first-order valence-corrected chi connectivity index (χ1v) is 10.6. The number of benzene rings is 1. The maximum Gasteiger partial charge on any atom is 0.203 e. The van der Waals surface area contributed by atoms with Gasteiger partial charge in [0.15, 0.2) is 11.6 Å². The van der Waals surface area contributed by atoms with Crippen LogP contribution >= 0.6 is 0 Å². The van der Waals surface area contributed by atoms with Crippen LogP contribution in [0.25, 0.3) is 17.1 Å². The molecule has 0 atom stereocenters. The van der Waals surface area contributed by atoms with Gasteiger partial charge in [-0.1, -0.05) is 18.2 Å². The molecule has 0 radical (unpaired) electrons. The summed E-state index contributed by atoms with van der Waals surface area (Å²) in [5.41, 5.74) is 3.01. The summed E-state index contributed by atoms with van der Waals surface area (Å²) in [6.07, 6.45) is 9.28. The third-order valence-corrected chi connectivity index (χ3v) is 5.32. The van der Waals surface area contributed by atoms with Crippen molar-refractivity contribution in [1.29, 1.82) is 0 Å². The molecule has 0 saturated carbocycles. The Balaban J connectivity index is 1.35. The Labute approximate surface area is 184 Å². The molecular weight excluding hydrogens is 406 g/mol. The first kappa shape index (κ1) is 20.1. The van der Waals surface area contributed by atoms with Gasteiger partial charge in [-0.2, -0.15) is 10.2 Å². The van der Waals surface area contributed by atoms with Gasteiger partial charge in [-0.15, -0.1) is 0 Å². The quantitative estimate of drug-likeness (QED) is 0.479. The van der Waals surface area contributed by atoms with Crippen molar-refractivity contribution in [1.82, 2.24) is 34.8 Å². The van der Waals surface area contributed by atoms with Crippen LogP contribution in [0.5, 0.6) is 5.75 Å². The van der Waals surface area contributed by atoms with E-state index in [-0.39, 0.29) is 11.5 Å². The van der Waals surface area contributed by atoms with Crippen molar-refractivity contribution in [2.75, 3.05) is 13.1 Å². The molecule has 1 fully saturated rings. The molecule has 4 aromatic rings. The number of hydrogen-bond acceptors (Lipinski definition) is 7. The molecule has 9 nitrogen and oxygen atoms in total. The molecule has 1 N–H and O–H groups in total. The lowest BCUT2D eigenvalue weighted by Crippen LogP contribution is -2.50. The fraction of sp³-hybridized carbons (Fsp3) is 0.261. The normalized spacial score (nSPS) is 13.7. The SMILES string of the molecule is CCn1cc(-n2ccc(=O)c(Cc3cccc(-c4ncc(OC5CNC5)cn4)c3)n2)cn1. The van der Waals surface area contributed by atoms with Crippen molar-refractivity contribution in [3.63, 3.8) is 0 Å². The molecule has 0 aliphatic carbocycles. The molecule has 0 spiro atoms. The molecule has 1 aromatic carbocycles. The van der Waals surface area contributed by atoms with Crippen LogP contribution in [0.2, 0.25) is 0 Å². The van der Waals surface area contributed by atoms with Gasteiger partial charge in [0.2, 0.25) is 5.43 Å². The second-order valence-corrected chi connectivity index (χ2v) is 7.64. The molecule has 1 aliphatic rings. The van der Waals surface area contributed by atoms with E-state index < -0.39 is 0 Å². The Morgan fingerprint density at radius 2 is 2.00 bits per heavy atom. The molecule has 0 unspecified atom stereocenters. The average Bonchev–Trinajstić information content (AvgIpc) is 3.28. The monoisotopic (exact) mass is 429 g/mol. The average molecular weight is 429 g/mol. The van der Waals surface area contributed by atoms with Crippen molar-refractivity contribution >= 4 is 0 Å². The lowest BCUT2D eigenvalue weighted by Gasteiger charge is -2.27. The van der Waals surface area contributed by atoms with Crippen LogP contribution in [-0.4, -0.2) is 48.7 Å². The first-order chi connectivity index (χ1) is 15.7. The fourth-order valence-corrected chi connectivity index (χ4v) is 3.44. The number of ether oxygens (including phenoxy) is 1. The van der Waals surface area contributed by atoms with Gasteiger partial charge in [0.25, 0.3) is 0 Å². The molecule has 1 aliphatic heterocycles. The van der Waals surface area contributed by atoms with Gasteiger partial charge in [-0.3, -0.25) is 9.48 Å². The Kier molecular flexibility index (Phi) is 5.47. The third kappa shape index (κ3) is 4.28. The van der Waals surface area contributed by atoms with Crippen LogP contribution in [0.4, 0.5) is 0 Å². The van der Waals surface area contributed by atoms with E-state index in [0.717, 1.165) is 36.4 Å². The molecular formula is C23H23N7O2. The van der Waals surface area contributed by atoms with E-state index >= 15 is 0 Å². The van der Waals surface area contributed by atoms with Crippen molar-refractivity contribution in [3.8, 4) is 22.8 Å². The largest absolute Gasteiger partial charge is 0.485 e. The number of aromatic nitrogens is 6. The molecule has 9 heteroatoms. The highest BCUT2D eigenvalue weighted by molar-refractivity contribution is 5.56. The summed E-state index contributed by atoms with van der Waals surface area (Å²) >= 11 is 0. The summed E-state index contributed by atoms with van der Waals surface area (Å²) in [6.45, 7) is 4.48. The molecule has 0 amide bonds. The molecule has 5 rings (SSSR count). The minimum absolute atomic E-state index is 0.0993. The smallest absolute Gasteiger partial charge is 0.203 e. The number of rotatable bonds is 7. The van der Waals surface area contributed by atoms with Gasteiger partial charge in [-0.05, 0) is 18.6 Å². The summed E-state index contributed by atoms with van der Waals surface area (Å²) in [7, 11) is 0. The van der Waals surface area contributed by atoms with Crippen molar-refractivity contribution in [2.45, 2.75) is 26.0 Å². The minimum Gasteiger partial charge on any atom is -0.485 e. The summed E-state index contributed by atoms with van der Waals surface area (Å²) in [5, 5.41) is 12.0. The van der Waals surface area contributed by atoms with E-state index in [1.807, 2.05) is 42.1 Å². The predicted octanol–water partition coefficient (Wildman–Crippen LogP) is 1.85. The van der Waals surface area contributed by atoms with Crippen molar-refractivity contribution < 1.29 is 4.74 Å². The second-order valence-electron chi connectivity index (χ2n) is 7.64. The maximum absolute atomic E-state index is 12.4. The first-order valence-electron chi connectivity index (χ1n) is 10.6. The summed E-state index contributed by atoms with van der Waals surface area (Å²) in [4.78, 5) is 21.3. The molecule has 1 saturated heterocycles. The highest BCUT2D eigenvalue weighted by Gasteiger charge is 2.18.